The van der Waals surface area contributed by atoms with E-state index in [0.717, 1.165) is 26.8 Å². The molecular formula is C32H28ClN3O3S. The van der Waals surface area contributed by atoms with Crippen LogP contribution in [0.25, 0.3) is 21.2 Å². The molecule has 0 fully saturated rings. The summed E-state index contributed by atoms with van der Waals surface area (Å²) in [5, 5.41) is 4.34. The van der Waals surface area contributed by atoms with Gasteiger partial charge in [-0.2, -0.15) is 0 Å². The summed E-state index contributed by atoms with van der Waals surface area (Å²) in [6.45, 7) is 5.73. The van der Waals surface area contributed by atoms with Gasteiger partial charge in [-0.1, -0.05) is 48.0 Å². The highest BCUT2D eigenvalue weighted by Crippen LogP contribution is 2.32. The fraction of sp³-hybridized carbons (Fsp3) is 0.156. The van der Waals surface area contributed by atoms with Crippen LogP contribution in [0.4, 0.5) is 16.2 Å². The zero-order valence-corrected chi connectivity index (χ0v) is 23.9. The maximum Gasteiger partial charge on any atom is 0.412 e. The number of carbonyl (C=O) groups is 2. The number of halogens is 1. The number of hydrogen-bond acceptors (Lipinski definition) is 5. The number of anilines is 2. The Morgan fingerprint density at radius 2 is 1.75 bits per heavy atom. The Morgan fingerprint density at radius 3 is 2.42 bits per heavy atom. The molecular weight excluding hydrogens is 542 g/mol. The molecule has 1 N–H and O–H groups in total. The number of aromatic nitrogens is 1. The minimum atomic E-state index is -0.606. The largest absolute Gasteiger partial charge is 0.444 e. The Labute approximate surface area is 242 Å². The van der Waals surface area contributed by atoms with Crippen molar-refractivity contribution >= 4 is 56.4 Å². The molecule has 40 heavy (non-hydrogen) atoms. The lowest BCUT2D eigenvalue weighted by Crippen LogP contribution is -2.30. The smallest absolute Gasteiger partial charge is 0.412 e. The molecule has 0 saturated heterocycles. The summed E-state index contributed by atoms with van der Waals surface area (Å²) in [6, 6.07) is 26.6. The first kappa shape index (κ1) is 27.4. The zero-order chi connectivity index (χ0) is 28.3. The third-order valence-electron chi connectivity index (χ3n) is 6.05. The van der Waals surface area contributed by atoms with Crippen molar-refractivity contribution in [2.45, 2.75) is 32.9 Å². The lowest BCUT2D eigenvalue weighted by atomic mass is 10.0. The Bertz CT molecular complexity index is 1630. The second kappa shape index (κ2) is 11.5. The monoisotopic (exact) mass is 569 g/mol. The molecule has 2 aromatic heterocycles. The number of ether oxygens (including phenoxy) is 1. The molecule has 3 aromatic carbocycles. The lowest BCUT2D eigenvalue weighted by Gasteiger charge is -2.23. The summed E-state index contributed by atoms with van der Waals surface area (Å²) in [4.78, 5) is 32.7. The van der Waals surface area contributed by atoms with Gasteiger partial charge >= 0.3 is 6.09 Å². The maximum absolute atomic E-state index is 13.9. The number of amides is 2. The summed E-state index contributed by atoms with van der Waals surface area (Å²) in [7, 11) is 0. The van der Waals surface area contributed by atoms with Gasteiger partial charge in [-0.25, -0.2) is 4.79 Å². The fourth-order valence-corrected chi connectivity index (χ4v) is 5.57. The summed E-state index contributed by atoms with van der Waals surface area (Å²) in [5.41, 5.74) is 3.32. The van der Waals surface area contributed by atoms with Crippen LogP contribution < -0.4 is 10.2 Å². The zero-order valence-electron chi connectivity index (χ0n) is 22.4. The van der Waals surface area contributed by atoms with E-state index in [1.807, 2.05) is 93.6 Å². The van der Waals surface area contributed by atoms with Gasteiger partial charge in [-0.3, -0.25) is 15.1 Å². The molecule has 202 valence electrons. The standard InChI is InChI=1S/C32H28ClN3O3S/c1-32(2,3)39-31(38)35-24-11-13-25(14-12-24)36(30(37)29-18-22-7-4-5-9-28(22)40-29)20-21-10-15-26(27(33)17-21)23-8-6-16-34-19-23/h4-19H,20H2,1-3H3,(H,35,38). The van der Waals surface area contributed by atoms with Crippen LogP contribution in [0.3, 0.4) is 0 Å². The summed E-state index contributed by atoms with van der Waals surface area (Å²) < 4.78 is 6.39. The molecule has 0 spiro atoms. The summed E-state index contributed by atoms with van der Waals surface area (Å²) >= 11 is 8.14. The van der Waals surface area contributed by atoms with Gasteiger partial charge in [0.05, 0.1) is 11.4 Å². The van der Waals surface area contributed by atoms with Gasteiger partial charge in [0.1, 0.15) is 5.60 Å². The summed E-state index contributed by atoms with van der Waals surface area (Å²) in [5.74, 6) is -0.124. The second-order valence-corrected chi connectivity index (χ2v) is 11.8. The number of pyridine rings is 1. The Kier molecular flexibility index (Phi) is 7.87. The van der Waals surface area contributed by atoms with Crippen LogP contribution in [0.5, 0.6) is 0 Å². The van der Waals surface area contributed by atoms with E-state index in [-0.39, 0.29) is 5.91 Å². The molecule has 0 aliphatic rings. The van der Waals surface area contributed by atoms with Gasteiger partial charge in [-0.05, 0) is 80.3 Å². The highest BCUT2D eigenvalue weighted by molar-refractivity contribution is 7.20. The topological polar surface area (TPSA) is 71.5 Å². The Morgan fingerprint density at radius 1 is 0.975 bits per heavy atom. The van der Waals surface area contributed by atoms with E-state index in [0.29, 0.717) is 27.8 Å². The fourth-order valence-electron chi connectivity index (χ4n) is 4.24. The molecule has 5 aromatic rings. The number of nitrogens with zero attached hydrogens (tertiary/aromatic N) is 2. The number of thiophene rings is 1. The van der Waals surface area contributed by atoms with Gasteiger partial charge in [0, 0.05) is 44.6 Å². The number of nitrogens with one attached hydrogen (secondary N) is 1. The molecule has 0 unspecified atom stereocenters. The van der Waals surface area contributed by atoms with E-state index in [2.05, 4.69) is 10.3 Å². The van der Waals surface area contributed by atoms with E-state index < -0.39 is 11.7 Å². The third-order valence-corrected chi connectivity index (χ3v) is 7.47. The highest BCUT2D eigenvalue weighted by Gasteiger charge is 2.22. The first-order chi connectivity index (χ1) is 19.2. The molecule has 0 bridgehead atoms. The van der Waals surface area contributed by atoms with Gasteiger partial charge in [0.15, 0.2) is 0 Å². The van der Waals surface area contributed by atoms with Crippen LogP contribution in [0.15, 0.2) is 97.3 Å². The van der Waals surface area contributed by atoms with Gasteiger partial charge < -0.3 is 9.64 Å². The molecule has 5 rings (SSSR count). The van der Waals surface area contributed by atoms with E-state index in [1.54, 1.807) is 29.4 Å². The van der Waals surface area contributed by atoms with Crippen molar-refractivity contribution in [2.75, 3.05) is 10.2 Å². The SMILES string of the molecule is CC(C)(C)OC(=O)Nc1ccc(N(Cc2ccc(-c3cccnc3)c(Cl)c2)C(=O)c2cc3ccccc3s2)cc1. The second-order valence-electron chi connectivity index (χ2n) is 10.3. The van der Waals surface area contributed by atoms with Crippen LogP contribution in [-0.2, 0) is 11.3 Å². The molecule has 0 saturated carbocycles. The highest BCUT2D eigenvalue weighted by atomic mass is 35.5. The first-order valence-corrected chi connectivity index (χ1v) is 13.9. The van der Waals surface area contributed by atoms with Crippen LogP contribution in [0, 0.1) is 0 Å². The molecule has 8 heteroatoms. The molecule has 0 aliphatic heterocycles. The Balaban J connectivity index is 1.45. The van der Waals surface area contributed by atoms with Gasteiger partial charge in [0.25, 0.3) is 5.91 Å². The van der Waals surface area contributed by atoms with E-state index in [1.165, 1.54) is 11.3 Å². The predicted octanol–water partition coefficient (Wildman–Crippen LogP) is 8.81. The van der Waals surface area contributed by atoms with E-state index in [9.17, 15) is 9.59 Å². The van der Waals surface area contributed by atoms with Crippen LogP contribution in [0.2, 0.25) is 5.02 Å². The van der Waals surface area contributed by atoms with Crippen LogP contribution in [0.1, 0.15) is 36.0 Å². The molecule has 2 heterocycles. The van der Waals surface area contributed by atoms with E-state index in [4.69, 9.17) is 16.3 Å². The Hall–Kier alpha value is -4.20. The van der Waals surface area contributed by atoms with Crippen LogP contribution >= 0.6 is 22.9 Å². The minimum absolute atomic E-state index is 0.124. The number of fused-ring (bicyclic) bond motifs is 1. The number of rotatable bonds is 6. The third kappa shape index (κ3) is 6.50. The predicted molar refractivity (Wildman–Crippen MR) is 163 cm³/mol. The normalized spacial score (nSPS) is 11.3. The van der Waals surface area contributed by atoms with Crippen molar-refractivity contribution in [3.05, 3.63) is 113 Å². The minimum Gasteiger partial charge on any atom is -0.444 e. The van der Waals surface area contributed by atoms with Crippen molar-refractivity contribution < 1.29 is 14.3 Å². The lowest BCUT2D eigenvalue weighted by molar-refractivity contribution is 0.0635. The molecule has 0 radical (unpaired) electrons. The quantitative estimate of drug-likeness (QED) is 0.222. The maximum atomic E-state index is 13.9. The van der Waals surface area contributed by atoms with Crippen molar-refractivity contribution in [2.24, 2.45) is 0 Å². The number of hydrogen-bond donors (Lipinski definition) is 1. The van der Waals surface area contributed by atoms with Crippen molar-refractivity contribution in [3.8, 4) is 11.1 Å². The number of carbonyl (C=O) groups excluding carboxylic acids is 2. The van der Waals surface area contributed by atoms with Crippen molar-refractivity contribution in [1.29, 1.82) is 0 Å². The molecule has 0 aliphatic carbocycles. The van der Waals surface area contributed by atoms with E-state index >= 15 is 0 Å². The van der Waals surface area contributed by atoms with Gasteiger partial charge in [-0.15, -0.1) is 11.3 Å². The average Bonchev–Trinajstić information content (AvgIpc) is 3.36. The van der Waals surface area contributed by atoms with Crippen LogP contribution in [-0.4, -0.2) is 22.6 Å². The molecule has 0 atom stereocenters. The van der Waals surface area contributed by atoms with Crippen molar-refractivity contribution in [3.63, 3.8) is 0 Å². The first-order valence-electron chi connectivity index (χ1n) is 12.8. The molecule has 6 nitrogen and oxygen atoms in total. The molecule has 2 amide bonds. The van der Waals surface area contributed by atoms with Crippen molar-refractivity contribution in [1.82, 2.24) is 4.98 Å². The summed E-state index contributed by atoms with van der Waals surface area (Å²) in [6.07, 6.45) is 2.95. The average molecular weight is 570 g/mol. The van der Waals surface area contributed by atoms with Gasteiger partial charge in [0.2, 0.25) is 0 Å². The number of benzene rings is 3.